The molecule has 1 aliphatic rings. The standard InChI is InChI=1S/C21H23N3O2S/c1-13-6-7-15-17(12-13)27-21(19(15)20(22)26)23-18(25)9-11-24-10-8-14-4-2-3-5-16(14)24/h2-5,8,10,13H,6-7,9,11-12H2,1H3,(H2,22,26)(H,23,25). The molecule has 1 unspecified atom stereocenters. The van der Waals surface area contributed by atoms with E-state index < -0.39 is 5.91 Å². The fourth-order valence-electron chi connectivity index (χ4n) is 3.85. The van der Waals surface area contributed by atoms with Gasteiger partial charge < -0.3 is 15.6 Å². The highest BCUT2D eigenvalue weighted by atomic mass is 32.1. The number of hydrogen-bond acceptors (Lipinski definition) is 3. The molecule has 1 aliphatic carbocycles. The first-order valence-corrected chi connectivity index (χ1v) is 10.1. The van der Waals surface area contributed by atoms with Gasteiger partial charge in [-0.05, 0) is 48.3 Å². The summed E-state index contributed by atoms with van der Waals surface area (Å²) in [5.74, 6) is 0.0538. The summed E-state index contributed by atoms with van der Waals surface area (Å²) in [4.78, 5) is 25.7. The number of nitrogens with two attached hydrogens (primary N) is 1. The SMILES string of the molecule is CC1CCc2c(sc(NC(=O)CCn3ccc4ccccc43)c2C(N)=O)C1. The summed E-state index contributed by atoms with van der Waals surface area (Å²) in [6.07, 6.45) is 5.20. The Morgan fingerprint density at radius 2 is 2.11 bits per heavy atom. The number of primary amides is 1. The van der Waals surface area contributed by atoms with Gasteiger partial charge in [0.15, 0.2) is 0 Å². The molecule has 2 aromatic heterocycles. The fraction of sp³-hybridized carbons (Fsp3) is 0.333. The van der Waals surface area contributed by atoms with Crippen LogP contribution in [0.3, 0.4) is 0 Å². The van der Waals surface area contributed by atoms with Crippen LogP contribution in [0.4, 0.5) is 5.00 Å². The van der Waals surface area contributed by atoms with Crippen molar-refractivity contribution in [3.8, 4) is 0 Å². The molecule has 2 heterocycles. The van der Waals surface area contributed by atoms with Crippen molar-refractivity contribution >= 4 is 39.1 Å². The molecular weight excluding hydrogens is 358 g/mol. The molecule has 0 radical (unpaired) electrons. The zero-order valence-corrected chi connectivity index (χ0v) is 16.1. The smallest absolute Gasteiger partial charge is 0.251 e. The number of aromatic nitrogens is 1. The van der Waals surface area contributed by atoms with Gasteiger partial charge in [0.1, 0.15) is 5.00 Å². The van der Waals surface area contributed by atoms with Crippen molar-refractivity contribution in [2.75, 3.05) is 5.32 Å². The molecule has 0 saturated carbocycles. The second kappa shape index (κ2) is 7.19. The van der Waals surface area contributed by atoms with Crippen LogP contribution in [0.15, 0.2) is 36.5 Å². The van der Waals surface area contributed by atoms with Crippen LogP contribution in [0.5, 0.6) is 0 Å². The van der Waals surface area contributed by atoms with Crippen LogP contribution in [0, 0.1) is 5.92 Å². The largest absolute Gasteiger partial charge is 0.365 e. The van der Waals surface area contributed by atoms with Crippen LogP contribution in [-0.4, -0.2) is 16.4 Å². The molecule has 1 atom stereocenters. The van der Waals surface area contributed by atoms with Gasteiger partial charge in [-0.25, -0.2) is 0 Å². The Morgan fingerprint density at radius 3 is 2.93 bits per heavy atom. The minimum atomic E-state index is -0.450. The maximum atomic E-state index is 12.5. The maximum Gasteiger partial charge on any atom is 0.251 e. The molecule has 4 rings (SSSR count). The van der Waals surface area contributed by atoms with E-state index in [-0.39, 0.29) is 5.91 Å². The summed E-state index contributed by atoms with van der Waals surface area (Å²) in [5.41, 5.74) is 8.29. The number of carbonyl (C=O) groups excluding carboxylic acids is 2. The monoisotopic (exact) mass is 381 g/mol. The number of benzene rings is 1. The minimum absolute atomic E-state index is 0.0954. The van der Waals surface area contributed by atoms with E-state index in [1.165, 1.54) is 16.2 Å². The molecule has 3 aromatic rings. The third-order valence-electron chi connectivity index (χ3n) is 5.27. The molecular formula is C21H23N3O2S. The van der Waals surface area contributed by atoms with Gasteiger partial charge in [0, 0.05) is 29.6 Å². The summed E-state index contributed by atoms with van der Waals surface area (Å²) < 4.78 is 2.07. The Bertz CT molecular complexity index is 1020. The lowest BCUT2D eigenvalue weighted by molar-refractivity contribution is -0.116. The summed E-state index contributed by atoms with van der Waals surface area (Å²) in [6, 6.07) is 10.2. The minimum Gasteiger partial charge on any atom is -0.365 e. The normalized spacial score (nSPS) is 16.3. The second-order valence-electron chi connectivity index (χ2n) is 7.29. The van der Waals surface area contributed by atoms with Gasteiger partial charge in [-0.15, -0.1) is 11.3 Å². The van der Waals surface area contributed by atoms with E-state index in [0.717, 1.165) is 35.7 Å². The summed E-state index contributed by atoms with van der Waals surface area (Å²) >= 11 is 1.51. The molecule has 0 bridgehead atoms. The Morgan fingerprint density at radius 1 is 1.30 bits per heavy atom. The first-order valence-electron chi connectivity index (χ1n) is 9.31. The van der Waals surface area contributed by atoms with E-state index in [1.807, 2.05) is 30.5 Å². The van der Waals surface area contributed by atoms with Crippen molar-refractivity contribution in [2.24, 2.45) is 11.7 Å². The van der Waals surface area contributed by atoms with Crippen LogP contribution in [0.25, 0.3) is 10.9 Å². The number of amides is 2. The topological polar surface area (TPSA) is 77.1 Å². The van der Waals surface area contributed by atoms with Crippen LogP contribution < -0.4 is 11.1 Å². The molecule has 0 spiro atoms. The van der Waals surface area contributed by atoms with Gasteiger partial charge in [0.05, 0.1) is 5.56 Å². The van der Waals surface area contributed by atoms with E-state index in [4.69, 9.17) is 5.73 Å². The molecule has 0 fully saturated rings. The van der Waals surface area contributed by atoms with Crippen molar-refractivity contribution in [1.82, 2.24) is 4.57 Å². The molecule has 1 aromatic carbocycles. The third-order valence-corrected chi connectivity index (χ3v) is 6.44. The van der Waals surface area contributed by atoms with E-state index in [0.29, 0.717) is 29.4 Å². The highest BCUT2D eigenvalue weighted by Gasteiger charge is 2.27. The Hall–Kier alpha value is -2.60. The lowest BCUT2D eigenvalue weighted by atomic mass is 9.88. The highest BCUT2D eigenvalue weighted by molar-refractivity contribution is 7.17. The summed E-state index contributed by atoms with van der Waals surface area (Å²) in [7, 11) is 0. The molecule has 3 N–H and O–H groups in total. The van der Waals surface area contributed by atoms with Crippen molar-refractivity contribution < 1.29 is 9.59 Å². The average molecular weight is 382 g/mol. The number of fused-ring (bicyclic) bond motifs is 2. The van der Waals surface area contributed by atoms with Crippen molar-refractivity contribution in [3.63, 3.8) is 0 Å². The number of nitrogens with one attached hydrogen (secondary N) is 1. The predicted octanol–water partition coefficient (Wildman–Crippen LogP) is 3.96. The number of nitrogens with zero attached hydrogens (tertiary/aromatic N) is 1. The zero-order valence-electron chi connectivity index (χ0n) is 15.3. The lowest BCUT2D eigenvalue weighted by Gasteiger charge is -2.18. The predicted molar refractivity (Wildman–Crippen MR) is 109 cm³/mol. The van der Waals surface area contributed by atoms with Crippen LogP contribution >= 0.6 is 11.3 Å². The van der Waals surface area contributed by atoms with Gasteiger partial charge in [-0.2, -0.15) is 0 Å². The maximum absolute atomic E-state index is 12.5. The summed E-state index contributed by atoms with van der Waals surface area (Å²) in [5, 5.41) is 4.72. The molecule has 27 heavy (non-hydrogen) atoms. The number of anilines is 1. The Balaban J connectivity index is 1.49. The van der Waals surface area contributed by atoms with E-state index in [2.05, 4.69) is 22.9 Å². The Labute approximate surface area is 162 Å². The van der Waals surface area contributed by atoms with Gasteiger partial charge >= 0.3 is 0 Å². The van der Waals surface area contributed by atoms with Crippen LogP contribution in [-0.2, 0) is 24.2 Å². The number of aryl methyl sites for hydroxylation is 1. The zero-order chi connectivity index (χ0) is 19.0. The van der Waals surface area contributed by atoms with Gasteiger partial charge in [-0.1, -0.05) is 25.1 Å². The number of hydrogen-bond donors (Lipinski definition) is 2. The van der Waals surface area contributed by atoms with Crippen molar-refractivity contribution in [3.05, 3.63) is 52.5 Å². The first-order chi connectivity index (χ1) is 13.0. The number of carbonyl (C=O) groups is 2. The summed E-state index contributed by atoms with van der Waals surface area (Å²) in [6.45, 7) is 2.81. The number of thiophene rings is 1. The van der Waals surface area contributed by atoms with Crippen LogP contribution in [0.1, 0.15) is 40.6 Å². The van der Waals surface area contributed by atoms with Gasteiger partial charge in [0.2, 0.25) is 5.91 Å². The van der Waals surface area contributed by atoms with Crippen molar-refractivity contribution in [1.29, 1.82) is 0 Å². The molecule has 0 saturated heterocycles. The van der Waals surface area contributed by atoms with Gasteiger partial charge in [0.25, 0.3) is 5.91 Å². The average Bonchev–Trinajstić information content (AvgIpc) is 3.20. The van der Waals surface area contributed by atoms with E-state index in [1.54, 1.807) is 0 Å². The molecule has 6 heteroatoms. The molecule has 2 amide bonds. The second-order valence-corrected chi connectivity index (χ2v) is 8.39. The number of para-hydroxylation sites is 1. The van der Waals surface area contributed by atoms with Gasteiger partial charge in [-0.3, -0.25) is 9.59 Å². The highest BCUT2D eigenvalue weighted by Crippen LogP contribution is 2.39. The molecule has 5 nitrogen and oxygen atoms in total. The quantitative estimate of drug-likeness (QED) is 0.702. The Kier molecular flexibility index (Phi) is 4.74. The number of rotatable bonds is 5. The van der Waals surface area contributed by atoms with Crippen LogP contribution in [0.2, 0.25) is 0 Å². The lowest BCUT2D eigenvalue weighted by Crippen LogP contribution is -2.20. The first kappa shape index (κ1) is 17.8. The molecule has 0 aliphatic heterocycles. The van der Waals surface area contributed by atoms with E-state index >= 15 is 0 Å². The fourth-order valence-corrected chi connectivity index (χ4v) is 5.28. The van der Waals surface area contributed by atoms with E-state index in [9.17, 15) is 9.59 Å². The van der Waals surface area contributed by atoms with Crippen molar-refractivity contribution in [2.45, 2.75) is 39.2 Å². The third kappa shape index (κ3) is 3.49. The molecule has 140 valence electrons.